The Morgan fingerprint density at radius 2 is 0.788 bits per heavy atom. The molecule has 298 valence electrons. The molecule has 1 atom stereocenters. The Morgan fingerprint density at radius 3 is 1.25 bits per heavy atom. The quantitative estimate of drug-likeness (QED) is 0.0274. The van der Waals surface area contributed by atoms with E-state index in [0.717, 1.165) is 83.5 Å². The van der Waals surface area contributed by atoms with Gasteiger partial charge in [0, 0.05) is 19.3 Å². The molecule has 0 aromatic carbocycles. The van der Waals surface area contributed by atoms with E-state index >= 15 is 0 Å². The summed E-state index contributed by atoms with van der Waals surface area (Å²) in [5.74, 6) is -1.02. The van der Waals surface area contributed by atoms with Crippen molar-refractivity contribution in [3.05, 3.63) is 60.8 Å². The highest BCUT2D eigenvalue weighted by Gasteiger charge is 2.19. The van der Waals surface area contributed by atoms with Gasteiger partial charge >= 0.3 is 17.9 Å². The van der Waals surface area contributed by atoms with Crippen LogP contribution in [0, 0.1) is 0 Å². The van der Waals surface area contributed by atoms with Crippen LogP contribution in [0.15, 0.2) is 60.8 Å². The van der Waals surface area contributed by atoms with E-state index in [1.54, 1.807) is 0 Å². The first-order valence-electron chi connectivity index (χ1n) is 21.3. The molecule has 0 aromatic heterocycles. The van der Waals surface area contributed by atoms with E-state index in [2.05, 4.69) is 69.4 Å². The topological polar surface area (TPSA) is 78.9 Å². The molecule has 0 heterocycles. The average molecular weight is 727 g/mol. The predicted octanol–water partition coefficient (Wildman–Crippen LogP) is 13.4. The Hall–Kier alpha value is -2.89. The highest BCUT2D eigenvalue weighted by molar-refractivity contribution is 5.71. The Morgan fingerprint density at radius 1 is 0.404 bits per heavy atom. The van der Waals surface area contributed by atoms with Crippen molar-refractivity contribution in [3.63, 3.8) is 0 Å². The maximum atomic E-state index is 12.6. The lowest BCUT2D eigenvalue weighted by molar-refractivity contribution is -0.166. The zero-order valence-electron chi connectivity index (χ0n) is 33.8. The lowest BCUT2D eigenvalue weighted by atomic mass is 10.1. The maximum absolute atomic E-state index is 12.6. The SMILES string of the molecule is CC/C=C\C/C=C\C/C=C\C/C=C\CCC(=O)OC(COC(=O)CCCCCCC)COC(=O)CCCCCCC/C=C\CCCCCCCCC. The lowest BCUT2D eigenvalue weighted by Gasteiger charge is -2.18. The Bertz CT molecular complexity index is 975. The molecule has 0 saturated heterocycles. The fourth-order valence-corrected chi connectivity index (χ4v) is 5.57. The Kier molecular flexibility index (Phi) is 38.6. The van der Waals surface area contributed by atoms with Gasteiger partial charge in [0.05, 0.1) is 0 Å². The number of allylic oxidation sites excluding steroid dienone is 10. The second kappa shape index (κ2) is 40.9. The third-order valence-electron chi connectivity index (χ3n) is 8.77. The number of carbonyl (C=O) groups is 3. The number of carbonyl (C=O) groups excluding carboxylic acids is 3. The van der Waals surface area contributed by atoms with Crippen molar-refractivity contribution in [1.29, 1.82) is 0 Å². The zero-order chi connectivity index (χ0) is 38.0. The second-order valence-electron chi connectivity index (χ2n) is 13.9. The van der Waals surface area contributed by atoms with Crippen molar-refractivity contribution < 1.29 is 28.6 Å². The van der Waals surface area contributed by atoms with Gasteiger partial charge in [-0.1, -0.05) is 165 Å². The Labute approximate surface area is 320 Å². The summed E-state index contributed by atoms with van der Waals surface area (Å²) >= 11 is 0. The molecule has 0 fully saturated rings. The molecule has 0 bridgehead atoms. The van der Waals surface area contributed by atoms with Crippen molar-refractivity contribution in [1.82, 2.24) is 0 Å². The third kappa shape index (κ3) is 38.3. The molecule has 0 amide bonds. The highest BCUT2D eigenvalue weighted by Crippen LogP contribution is 2.12. The van der Waals surface area contributed by atoms with Gasteiger partial charge in [-0.15, -0.1) is 0 Å². The first kappa shape index (κ1) is 49.1. The van der Waals surface area contributed by atoms with Crippen LogP contribution in [0.25, 0.3) is 0 Å². The molecule has 0 aromatic rings. The summed E-state index contributed by atoms with van der Waals surface area (Å²) in [5.41, 5.74) is 0. The monoisotopic (exact) mass is 727 g/mol. The number of esters is 3. The minimum Gasteiger partial charge on any atom is -0.462 e. The zero-order valence-corrected chi connectivity index (χ0v) is 33.8. The molecule has 0 aliphatic heterocycles. The van der Waals surface area contributed by atoms with E-state index in [1.807, 2.05) is 12.2 Å². The first-order valence-corrected chi connectivity index (χ1v) is 21.3. The van der Waals surface area contributed by atoms with Crippen LogP contribution < -0.4 is 0 Å². The molecule has 0 spiro atoms. The van der Waals surface area contributed by atoms with Crippen molar-refractivity contribution >= 4 is 17.9 Å². The van der Waals surface area contributed by atoms with E-state index in [0.29, 0.717) is 19.3 Å². The smallest absolute Gasteiger partial charge is 0.306 e. The van der Waals surface area contributed by atoms with Gasteiger partial charge in [-0.3, -0.25) is 14.4 Å². The normalized spacial score (nSPS) is 12.6. The summed E-state index contributed by atoms with van der Waals surface area (Å²) < 4.78 is 16.5. The van der Waals surface area contributed by atoms with Gasteiger partial charge in [-0.2, -0.15) is 0 Å². The molecule has 0 radical (unpaired) electrons. The number of hydrogen-bond donors (Lipinski definition) is 0. The predicted molar refractivity (Wildman–Crippen MR) is 219 cm³/mol. The molecule has 1 unspecified atom stereocenters. The number of hydrogen-bond acceptors (Lipinski definition) is 6. The number of unbranched alkanes of at least 4 members (excludes halogenated alkanes) is 16. The summed E-state index contributed by atoms with van der Waals surface area (Å²) in [6, 6.07) is 0. The summed E-state index contributed by atoms with van der Waals surface area (Å²) in [5, 5.41) is 0. The van der Waals surface area contributed by atoms with Crippen LogP contribution in [0.3, 0.4) is 0 Å². The fraction of sp³-hybridized carbons (Fsp3) is 0.717. The van der Waals surface area contributed by atoms with Crippen LogP contribution in [-0.4, -0.2) is 37.2 Å². The van der Waals surface area contributed by atoms with Gasteiger partial charge < -0.3 is 14.2 Å². The fourth-order valence-electron chi connectivity index (χ4n) is 5.57. The van der Waals surface area contributed by atoms with Crippen molar-refractivity contribution in [2.45, 2.75) is 200 Å². The van der Waals surface area contributed by atoms with Crippen molar-refractivity contribution in [2.75, 3.05) is 13.2 Å². The van der Waals surface area contributed by atoms with Crippen LogP contribution in [-0.2, 0) is 28.6 Å². The molecule has 0 aliphatic carbocycles. The Balaban J connectivity index is 4.35. The van der Waals surface area contributed by atoms with Gasteiger partial charge in [0.1, 0.15) is 13.2 Å². The average Bonchev–Trinajstić information content (AvgIpc) is 3.14. The summed E-state index contributed by atoms with van der Waals surface area (Å²) in [4.78, 5) is 37.3. The molecule has 0 rings (SSSR count). The van der Waals surface area contributed by atoms with Crippen LogP contribution in [0.5, 0.6) is 0 Å². The van der Waals surface area contributed by atoms with Gasteiger partial charge in [-0.25, -0.2) is 0 Å². The van der Waals surface area contributed by atoms with Crippen LogP contribution in [0.2, 0.25) is 0 Å². The highest BCUT2D eigenvalue weighted by atomic mass is 16.6. The van der Waals surface area contributed by atoms with E-state index in [4.69, 9.17) is 14.2 Å². The van der Waals surface area contributed by atoms with Crippen molar-refractivity contribution in [3.8, 4) is 0 Å². The van der Waals surface area contributed by atoms with E-state index in [1.165, 1.54) is 64.2 Å². The summed E-state index contributed by atoms with van der Waals surface area (Å²) in [7, 11) is 0. The van der Waals surface area contributed by atoms with Crippen LogP contribution >= 0.6 is 0 Å². The number of ether oxygens (including phenoxy) is 3. The molecular weight excluding hydrogens is 648 g/mol. The molecule has 52 heavy (non-hydrogen) atoms. The molecule has 0 aliphatic rings. The third-order valence-corrected chi connectivity index (χ3v) is 8.77. The van der Waals surface area contributed by atoms with Gasteiger partial charge in [0.2, 0.25) is 0 Å². The number of rotatable bonds is 37. The standard InChI is InChI=1S/C46H78O6/c1-4-7-10-13-15-17-19-21-22-23-25-26-28-30-33-36-39-45(48)51-42-43(41-50-44(47)38-35-32-12-9-6-3)52-46(49)40-37-34-31-29-27-24-20-18-16-14-11-8-5-2/h8,11,16,18,22-24,27,31,34,43H,4-7,9-10,12-15,17,19-21,25-26,28-30,32-33,35-42H2,1-3H3/b11-8-,18-16-,23-22-,27-24-,34-31-. The molecule has 6 nitrogen and oxygen atoms in total. The molecular formula is C46H78O6. The van der Waals surface area contributed by atoms with Gasteiger partial charge in [-0.05, 0) is 70.6 Å². The summed E-state index contributed by atoms with van der Waals surface area (Å²) in [6.45, 7) is 6.34. The molecule has 6 heteroatoms. The minimum absolute atomic E-state index is 0.107. The minimum atomic E-state index is -0.809. The largest absolute Gasteiger partial charge is 0.462 e. The van der Waals surface area contributed by atoms with Crippen molar-refractivity contribution in [2.24, 2.45) is 0 Å². The van der Waals surface area contributed by atoms with E-state index < -0.39 is 12.1 Å². The lowest BCUT2D eigenvalue weighted by Crippen LogP contribution is -2.30. The molecule has 0 saturated carbocycles. The van der Waals surface area contributed by atoms with Crippen LogP contribution in [0.1, 0.15) is 194 Å². The van der Waals surface area contributed by atoms with Gasteiger partial charge in [0.25, 0.3) is 0 Å². The summed E-state index contributed by atoms with van der Waals surface area (Å²) in [6.07, 6.45) is 48.2. The molecule has 0 N–H and O–H groups in total. The maximum Gasteiger partial charge on any atom is 0.306 e. The first-order chi connectivity index (χ1) is 25.5. The second-order valence-corrected chi connectivity index (χ2v) is 13.9. The van der Waals surface area contributed by atoms with Gasteiger partial charge in [0.15, 0.2) is 6.10 Å². The van der Waals surface area contributed by atoms with E-state index in [-0.39, 0.29) is 31.6 Å². The van der Waals surface area contributed by atoms with E-state index in [9.17, 15) is 14.4 Å². The van der Waals surface area contributed by atoms with Crippen LogP contribution in [0.4, 0.5) is 0 Å².